The molecule has 2 heterocycles. The van der Waals surface area contributed by atoms with Crippen LogP contribution in [0.1, 0.15) is 19.8 Å². The Morgan fingerprint density at radius 3 is 2.92 bits per heavy atom. The number of morpholine rings is 1. The van der Waals surface area contributed by atoms with E-state index in [0.717, 1.165) is 58.1 Å². The molecule has 0 aromatic carbocycles. The van der Waals surface area contributed by atoms with E-state index in [9.17, 15) is 4.79 Å². The Labute approximate surface area is 164 Å². The van der Waals surface area contributed by atoms with Crippen LogP contribution in [-0.2, 0) is 9.53 Å². The van der Waals surface area contributed by atoms with Crippen molar-refractivity contribution in [2.75, 3.05) is 63.6 Å². The Kier molecular flexibility index (Phi) is 9.45. The molecule has 0 unspecified atom stereocenters. The number of ether oxygens (including phenoxy) is 1. The molecule has 146 valence electrons. The van der Waals surface area contributed by atoms with Crippen LogP contribution in [0.4, 0.5) is 5.82 Å². The fourth-order valence-corrected chi connectivity index (χ4v) is 3.54. The monoisotopic (exact) mass is 401 g/mol. The zero-order chi connectivity index (χ0) is 18.8. The second-order valence-corrected chi connectivity index (χ2v) is 7.53. The molecule has 1 amide bonds. The van der Waals surface area contributed by atoms with Gasteiger partial charge in [-0.1, -0.05) is 30.3 Å². The van der Waals surface area contributed by atoms with Gasteiger partial charge in [0.15, 0.2) is 5.16 Å². The minimum Gasteiger partial charge on any atom is -0.379 e. The van der Waals surface area contributed by atoms with E-state index >= 15 is 0 Å². The van der Waals surface area contributed by atoms with Gasteiger partial charge in [0.1, 0.15) is 11.0 Å². The Morgan fingerprint density at radius 2 is 2.19 bits per heavy atom. The van der Waals surface area contributed by atoms with E-state index < -0.39 is 0 Å². The van der Waals surface area contributed by atoms with Gasteiger partial charge in [-0.2, -0.15) is 0 Å². The highest BCUT2D eigenvalue weighted by Crippen LogP contribution is 2.21. The highest BCUT2D eigenvalue weighted by Gasteiger charge is 2.11. The standard InChI is InChI=1S/C17H28ClN5O2S/c1-3-6-22(2)15-12-14(18)20-17(21-15)26-13-16(24)19-5-4-7-23-8-10-25-11-9-23/h12H,3-11,13H2,1-2H3,(H,19,24). The van der Waals surface area contributed by atoms with E-state index in [0.29, 0.717) is 16.9 Å². The van der Waals surface area contributed by atoms with E-state index in [1.165, 1.54) is 11.8 Å². The predicted molar refractivity (Wildman–Crippen MR) is 106 cm³/mol. The van der Waals surface area contributed by atoms with Crippen molar-refractivity contribution in [1.29, 1.82) is 0 Å². The highest BCUT2D eigenvalue weighted by molar-refractivity contribution is 7.99. The minimum absolute atomic E-state index is 0.0102. The largest absolute Gasteiger partial charge is 0.379 e. The Morgan fingerprint density at radius 1 is 1.42 bits per heavy atom. The second kappa shape index (κ2) is 11.6. The van der Waals surface area contributed by atoms with Crippen LogP contribution in [0.5, 0.6) is 0 Å². The third-order valence-corrected chi connectivity index (χ3v) is 5.06. The number of halogens is 1. The summed E-state index contributed by atoms with van der Waals surface area (Å²) in [6, 6.07) is 1.74. The Hall–Kier alpha value is -1.09. The summed E-state index contributed by atoms with van der Waals surface area (Å²) in [5.74, 6) is 1.05. The van der Waals surface area contributed by atoms with Gasteiger partial charge < -0.3 is 15.0 Å². The molecule has 0 atom stereocenters. The summed E-state index contributed by atoms with van der Waals surface area (Å²) in [5.41, 5.74) is 0. The summed E-state index contributed by atoms with van der Waals surface area (Å²) in [7, 11) is 1.97. The van der Waals surface area contributed by atoms with Gasteiger partial charge in [-0.05, 0) is 19.4 Å². The Balaban J connectivity index is 1.69. The number of anilines is 1. The summed E-state index contributed by atoms with van der Waals surface area (Å²) in [5, 5.41) is 3.87. The van der Waals surface area contributed by atoms with E-state index in [-0.39, 0.29) is 11.7 Å². The van der Waals surface area contributed by atoms with Gasteiger partial charge in [-0.15, -0.1) is 0 Å². The number of hydrogen-bond donors (Lipinski definition) is 1. The normalized spacial score (nSPS) is 15.0. The molecule has 1 fully saturated rings. The molecule has 1 aromatic rings. The van der Waals surface area contributed by atoms with Gasteiger partial charge in [-0.25, -0.2) is 9.97 Å². The van der Waals surface area contributed by atoms with Crippen LogP contribution in [0.15, 0.2) is 11.2 Å². The van der Waals surface area contributed by atoms with E-state index in [1.807, 2.05) is 11.9 Å². The predicted octanol–water partition coefficient (Wildman–Crippen LogP) is 1.91. The second-order valence-electron chi connectivity index (χ2n) is 6.20. The number of aromatic nitrogens is 2. The molecule has 0 aliphatic carbocycles. The number of thioether (sulfide) groups is 1. The first-order valence-corrected chi connectivity index (χ1v) is 10.4. The minimum atomic E-state index is -0.0102. The molecule has 1 aliphatic rings. The lowest BCUT2D eigenvalue weighted by Gasteiger charge is -2.26. The van der Waals surface area contributed by atoms with Crippen LogP contribution in [0.3, 0.4) is 0 Å². The molecular formula is C17H28ClN5O2S. The zero-order valence-corrected chi connectivity index (χ0v) is 17.1. The summed E-state index contributed by atoms with van der Waals surface area (Å²) < 4.78 is 5.32. The molecule has 0 spiro atoms. The molecular weight excluding hydrogens is 374 g/mol. The summed E-state index contributed by atoms with van der Waals surface area (Å²) in [6.45, 7) is 8.23. The molecule has 9 heteroatoms. The number of carbonyl (C=O) groups excluding carboxylic acids is 1. The number of nitrogens with zero attached hydrogens (tertiary/aromatic N) is 4. The van der Waals surface area contributed by atoms with Crippen molar-refractivity contribution in [1.82, 2.24) is 20.2 Å². The quantitative estimate of drug-likeness (QED) is 0.278. The van der Waals surface area contributed by atoms with Gasteiger partial charge >= 0.3 is 0 Å². The maximum atomic E-state index is 12.0. The molecule has 2 rings (SSSR count). The number of nitrogens with one attached hydrogen (secondary N) is 1. The van der Waals surface area contributed by atoms with Gasteiger partial charge in [-0.3, -0.25) is 9.69 Å². The van der Waals surface area contributed by atoms with Crippen LogP contribution >= 0.6 is 23.4 Å². The van der Waals surface area contributed by atoms with Crippen molar-refractivity contribution >= 4 is 35.1 Å². The number of rotatable bonds is 10. The molecule has 1 aromatic heterocycles. The maximum Gasteiger partial charge on any atom is 0.230 e. The average molecular weight is 402 g/mol. The van der Waals surface area contributed by atoms with Crippen molar-refractivity contribution in [3.05, 3.63) is 11.2 Å². The SMILES string of the molecule is CCCN(C)c1cc(Cl)nc(SCC(=O)NCCCN2CCOCC2)n1. The fraction of sp³-hybridized carbons (Fsp3) is 0.706. The molecule has 1 N–H and O–H groups in total. The van der Waals surface area contributed by atoms with Gasteiger partial charge in [0.25, 0.3) is 0 Å². The number of amides is 1. The first-order chi connectivity index (χ1) is 12.6. The molecule has 0 saturated carbocycles. The molecule has 26 heavy (non-hydrogen) atoms. The summed E-state index contributed by atoms with van der Waals surface area (Å²) in [6.07, 6.45) is 1.96. The van der Waals surface area contributed by atoms with Crippen molar-refractivity contribution in [2.24, 2.45) is 0 Å². The lowest BCUT2D eigenvalue weighted by molar-refractivity contribution is -0.118. The first kappa shape index (κ1) is 21.2. The highest BCUT2D eigenvalue weighted by atomic mass is 35.5. The van der Waals surface area contributed by atoms with Crippen molar-refractivity contribution < 1.29 is 9.53 Å². The Bertz CT molecular complexity index is 572. The molecule has 0 bridgehead atoms. The van der Waals surface area contributed by atoms with Crippen LogP contribution in [0.25, 0.3) is 0 Å². The maximum absolute atomic E-state index is 12.0. The first-order valence-electron chi connectivity index (χ1n) is 9.03. The number of carbonyl (C=O) groups is 1. The molecule has 1 aliphatic heterocycles. The van der Waals surface area contributed by atoms with Gasteiger partial charge in [0, 0.05) is 39.3 Å². The van der Waals surface area contributed by atoms with Crippen LogP contribution < -0.4 is 10.2 Å². The number of hydrogen-bond acceptors (Lipinski definition) is 7. The lowest BCUT2D eigenvalue weighted by atomic mass is 10.3. The average Bonchev–Trinajstić information content (AvgIpc) is 2.64. The van der Waals surface area contributed by atoms with Gasteiger partial charge in [0.05, 0.1) is 19.0 Å². The van der Waals surface area contributed by atoms with Gasteiger partial charge in [0.2, 0.25) is 5.91 Å². The zero-order valence-electron chi connectivity index (χ0n) is 15.5. The molecule has 1 saturated heterocycles. The topological polar surface area (TPSA) is 70.6 Å². The smallest absolute Gasteiger partial charge is 0.230 e. The van der Waals surface area contributed by atoms with Crippen molar-refractivity contribution in [3.8, 4) is 0 Å². The van der Waals surface area contributed by atoms with Crippen molar-refractivity contribution in [3.63, 3.8) is 0 Å². The third-order valence-electron chi connectivity index (χ3n) is 4.02. The van der Waals surface area contributed by atoms with E-state index in [4.69, 9.17) is 16.3 Å². The molecule has 0 radical (unpaired) electrons. The summed E-state index contributed by atoms with van der Waals surface area (Å²) in [4.78, 5) is 25.1. The van der Waals surface area contributed by atoms with E-state index in [1.54, 1.807) is 6.07 Å². The van der Waals surface area contributed by atoms with Crippen LogP contribution in [0.2, 0.25) is 5.15 Å². The van der Waals surface area contributed by atoms with Crippen molar-refractivity contribution in [2.45, 2.75) is 24.9 Å². The molecule has 7 nitrogen and oxygen atoms in total. The fourth-order valence-electron chi connectivity index (χ4n) is 2.63. The third kappa shape index (κ3) is 7.65. The summed E-state index contributed by atoms with van der Waals surface area (Å²) >= 11 is 7.39. The van der Waals surface area contributed by atoms with Crippen LogP contribution in [0, 0.1) is 0 Å². The van der Waals surface area contributed by atoms with Crippen LogP contribution in [-0.4, -0.2) is 79.5 Å². The van der Waals surface area contributed by atoms with E-state index in [2.05, 4.69) is 27.1 Å². The lowest BCUT2D eigenvalue weighted by Crippen LogP contribution is -2.38.